The number of methoxy groups -OCH3 is 1. The van der Waals surface area contributed by atoms with Gasteiger partial charge in [0.1, 0.15) is 0 Å². The van der Waals surface area contributed by atoms with Crippen molar-refractivity contribution in [2.75, 3.05) is 19.0 Å². The molecule has 0 bridgehead atoms. The van der Waals surface area contributed by atoms with Crippen LogP contribution in [0, 0.1) is 26.7 Å². The summed E-state index contributed by atoms with van der Waals surface area (Å²) in [5.41, 5.74) is 4.15. The van der Waals surface area contributed by atoms with E-state index in [-0.39, 0.29) is 17.9 Å². The van der Waals surface area contributed by atoms with Gasteiger partial charge in [-0.05, 0) is 45.7 Å². The zero-order chi connectivity index (χ0) is 18.8. The number of hydrogen-bond donors (Lipinski definition) is 3. The van der Waals surface area contributed by atoms with Crippen molar-refractivity contribution in [3.05, 3.63) is 29.0 Å². The Morgan fingerprint density at radius 3 is 2.69 bits per heavy atom. The molecule has 7 nitrogen and oxygen atoms in total. The van der Waals surface area contributed by atoms with Crippen LogP contribution in [0.15, 0.2) is 12.1 Å². The topological polar surface area (TPSA) is 88.2 Å². The molecule has 26 heavy (non-hydrogen) atoms. The fraction of sp³-hybridized carbons (Fsp3) is 0.526. The maximum absolute atomic E-state index is 12.4. The Balaban J connectivity index is 1.78. The van der Waals surface area contributed by atoms with Crippen molar-refractivity contribution in [1.29, 1.82) is 0 Å². The van der Waals surface area contributed by atoms with E-state index in [0.29, 0.717) is 19.0 Å². The summed E-state index contributed by atoms with van der Waals surface area (Å²) in [7, 11) is 1.64. The van der Waals surface area contributed by atoms with E-state index in [9.17, 15) is 4.79 Å². The first kappa shape index (κ1) is 18.5. The smallest absolute Gasteiger partial charge is 0.227 e. The molecule has 0 aliphatic carbocycles. The minimum Gasteiger partial charge on any atom is -0.385 e. The second-order valence-corrected chi connectivity index (χ2v) is 7.04. The van der Waals surface area contributed by atoms with Crippen molar-refractivity contribution in [2.45, 2.75) is 46.4 Å². The molecule has 0 radical (unpaired) electrons. The van der Waals surface area contributed by atoms with E-state index in [1.807, 2.05) is 13.8 Å². The highest BCUT2D eigenvalue weighted by molar-refractivity contribution is 5.85. The summed E-state index contributed by atoms with van der Waals surface area (Å²) < 4.78 is 5.09. The molecule has 1 aromatic carbocycles. The standard InChI is InChI=1S/C19H27N5O2/c1-10-8-11(2)16-15(9-10)13(4)21-18(22-16)24-19-20-12(3)14(6-7-26-5)17(25)23-19/h8-9,12,14,19-20H,6-7H2,1-5H3,(H,23,25)(H,21,22,24). The van der Waals surface area contributed by atoms with Gasteiger partial charge in [0.05, 0.1) is 17.1 Å². The second-order valence-electron chi connectivity index (χ2n) is 7.04. The van der Waals surface area contributed by atoms with Crippen molar-refractivity contribution in [1.82, 2.24) is 20.6 Å². The van der Waals surface area contributed by atoms with Crippen LogP contribution in [0.2, 0.25) is 0 Å². The predicted molar refractivity (Wildman–Crippen MR) is 102 cm³/mol. The fourth-order valence-electron chi connectivity index (χ4n) is 3.53. The Kier molecular flexibility index (Phi) is 5.38. The first-order valence-corrected chi connectivity index (χ1v) is 8.96. The van der Waals surface area contributed by atoms with Crippen LogP contribution in [-0.4, -0.2) is 41.9 Å². The number of fused-ring (bicyclic) bond motifs is 1. The number of nitrogens with one attached hydrogen (secondary N) is 3. The zero-order valence-electron chi connectivity index (χ0n) is 16.0. The second kappa shape index (κ2) is 7.55. The number of hydrogen-bond acceptors (Lipinski definition) is 6. The van der Waals surface area contributed by atoms with E-state index in [4.69, 9.17) is 4.74 Å². The number of aryl methyl sites for hydroxylation is 3. The number of carbonyl (C=O) groups excluding carboxylic acids is 1. The van der Waals surface area contributed by atoms with E-state index < -0.39 is 6.29 Å². The van der Waals surface area contributed by atoms with E-state index >= 15 is 0 Å². The number of amides is 1. The predicted octanol–water partition coefficient (Wildman–Crippen LogP) is 2.01. The molecular formula is C19H27N5O2. The van der Waals surface area contributed by atoms with E-state index in [2.05, 4.69) is 51.9 Å². The van der Waals surface area contributed by atoms with Gasteiger partial charge in [0.15, 0.2) is 6.29 Å². The summed E-state index contributed by atoms with van der Waals surface area (Å²) in [5.74, 6) is 0.398. The normalized spacial score (nSPS) is 23.1. The van der Waals surface area contributed by atoms with Crippen LogP contribution < -0.4 is 16.0 Å². The fourth-order valence-corrected chi connectivity index (χ4v) is 3.53. The summed E-state index contributed by atoms with van der Waals surface area (Å²) >= 11 is 0. The molecule has 3 unspecified atom stereocenters. The summed E-state index contributed by atoms with van der Waals surface area (Å²) in [5, 5.41) is 10.6. The van der Waals surface area contributed by atoms with Gasteiger partial charge in [0.25, 0.3) is 0 Å². The van der Waals surface area contributed by atoms with Crippen LogP contribution >= 0.6 is 0 Å². The Morgan fingerprint density at radius 1 is 1.23 bits per heavy atom. The summed E-state index contributed by atoms with van der Waals surface area (Å²) in [6.45, 7) is 8.67. The Hall–Kier alpha value is -2.25. The molecule has 3 atom stereocenters. The van der Waals surface area contributed by atoms with Crippen LogP contribution in [0.25, 0.3) is 10.9 Å². The van der Waals surface area contributed by atoms with Crippen LogP contribution in [0.3, 0.4) is 0 Å². The lowest BCUT2D eigenvalue weighted by atomic mass is 9.95. The number of nitrogens with zero attached hydrogens (tertiary/aromatic N) is 2. The lowest BCUT2D eigenvalue weighted by Crippen LogP contribution is -2.63. The van der Waals surface area contributed by atoms with Gasteiger partial charge in [-0.25, -0.2) is 9.97 Å². The third-order valence-electron chi connectivity index (χ3n) is 4.89. The number of anilines is 1. The largest absolute Gasteiger partial charge is 0.385 e. The van der Waals surface area contributed by atoms with E-state index in [0.717, 1.165) is 22.2 Å². The molecule has 2 heterocycles. The molecule has 140 valence electrons. The lowest BCUT2D eigenvalue weighted by molar-refractivity contribution is -0.129. The third-order valence-corrected chi connectivity index (χ3v) is 4.89. The van der Waals surface area contributed by atoms with Gasteiger partial charge in [-0.3, -0.25) is 10.1 Å². The van der Waals surface area contributed by atoms with Gasteiger partial charge in [-0.1, -0.05) is 11.6 Å². The Bertz CT molecular complexity index is 823. The molecule has 1 saturated heterocycles. The van der Waals surface area contributed by atoms with Crippen molar-refractivity contribution in [2.24, 2.45) is 5.92 Å². The van der Waals surface area contributed by atoms with Gasteiger partial charge >= 0.3 is 0 Å². The van der Waals surface area contributed by atoms with Gasteiger partial charge < -0.3 is 15.4 Å². The molecule has 1 fully saturated rings. The molecule has 3 N–H and O–H groups in total. The molecule has 1 aromatic heterocycles. The van der Waals surface area contributed by atoms with E-state index in [1.165, 1.54) is 5.56 Å². The number of ether oxygens (including phenoxy) is 1. The number of carbonyl (C=O) groups is 1. The molecule has 1 amide bonds. The Morgan fingerprint density at radius 2 is 2.00 bits per heavy atom. The molecule has 2 aromatic rings. The average molecular weight is 357 g/mol. The lowest BCUT2D eigenvalue weighted by Gasteiger charge is -2.35. The molecule has 7 heteroatoms. The van der Waals surface area contributed by atoms with Crippen LogP contribution in [0.4, 0.5) is 5.95 Å². The van der Waals surface area contributed by atoms with Crippen LogP contribution in [-0.2, 0) is 9.53 Å². The number of aromatic nitrogens is 2. The summed E-state index contributed by atoms with van der Waals surface area (Å²) in [6, 6.07) is 4.24. The summed E-state index contributed by atoms with van der Waals surface area (Å²) in [4.78, 5) is 21.6. The quantitative estimate of drug-likeness (QED) is 0.759. The van der Waals surface area contributed by atoms with Crippen molar-refractivity contribution in [3.63, 3.8) is 0 Å². The molecule has 0 saturated carbocycles. The highest BCUT2D eigenvalue weighted by atomic mass is 16.5. The molecule has 3 rings (SSSR count). The zero-order valence-corrected chi connectivity index (χ0v) is 16.0. The van der Waals surface area contributed by atoms with Crippen molar-refractivity contribution in [3.8, 4) is 0 Å². The number of benzene rings is 1. The van der Waals surface area contributed by atoms with Gasteiger partial charge in [0.2, 0.25) is 11.9 Å². The SMILES string of the molecule is COCCC1C(=O)NC(Nc2nc(C)c3cc(C)cc(C)c3n2)NC1C. The monoisotopic (exact) mass is 357 g/mol. The third kappa shape index (κ3) is 3.78. The average Bonchev–Trinajstić information content (AvgIpc) is 2.55. The van der Waals surface area contributed by atoms with Crippen LogP contribution in [0.5, 0.6) is 0 Å². The van der Waals surface area contributed by atoms with Crippen LogP contribution in [0.1, 0.15) is 30.2 Å². The maximum Gasteiger partial charge on any atom is 0.227 e. The van der Waals surface area contributed by atoms with Gasteiger partial charge in [0, 0.05) is 25.1 Å². The number of rotatable bonds is 5. The molecular weight excluding hydrogens is 330 g/mol. The minimum atomic E-state index is -0.404. The van der Waals surface area contributed by atoms with Gasteiger partial charge in [-0.2, -0.15) is 0 Å². The highest BCUT2D eigenvalue weighted by Crippen LogP contribution is 2.23. The van der Waals surface area contributed by atoms with Crippen molar-refractivity contribution >= 4 is 22.8 Å². The first-order valence-electron chi connectivity index (χ1n) is 8.96. The van der Waals surface area contributed by atoms with Gasteiger partial charge in [-0.15, -0.1) is 0 Å². The molecule has 1 aliphatic heterocycles. The molecule has 0 spiro atoms. The first-order chi connectivity index (χ1) is 12.4. The highest BCUT2D eigenvalue weighted by Gasteiger charge is 2.33. The summed E-state index contributed by atoms with van der Waals surface area (Å²) in [6.07, 6.45) is 0.284. The van der Waals surface area contributed by atoms with E-state index in [1.54, 1.807) is 7.11 Å². The minimum absolute atomic E-state index is 0.00937. The molecule has 1 aliphatic rings. The van der Waals surface area contributed by atoms with Crippen molar-refractivity contribution < 1.29 is 9.53 Å². The maximum atomic E-state index is 12.4. The Labute approximate surface area is 153 Å².